The summed E-state index contributed by atoms with van der Waals surface area (Å²) >= 11 is 0. The highest BCUT2D eigenvalue weighted by atomic mass is 19.1. The minimum Gasteiger partial charge on any atom is -0.447 e. The number of hydrogen-bond acceptors (Lipinski definition) is 4. The van der Waals surface area contributed by atoms with Crippen molar-refractivity contribution in [3.63, 3.8) is 0 Å². The number of hydrogen-bond donors (Lipinski definition) is 1. The summed E-state index contributed by atoms with van der Waals surface area (Å²) in [4.78, 5) is 10.3. The summed E-state index contributed by atoms with van der Waals surface area (Å²) in [5, 5.41) is 20.0. The van der Waals surface area contributed by atoms with Crippen LogP contribution in [-0.4, -0.2) is 10.0 Å². The lowest BCUT2D eigenvalue weighted by Crippen LogP contribution is -1.97. The van der Waals surface area contributed by atoms with Gasteiger partial charge >= 0.3 is 5.69 Å². The van der Waals surface area contributed by atoms with Gasteiger partial charge in [-0.05, 0) is 30.2 Å². The van der Waals surface area contributed by atoms with E-state index in [1.165, 1.54) is 24.3 Å². The Balaban J connectivity index is 2.43. The highest BCUT2D eigenvalue weighted by molar-refractivity contribution is 5.50. The highest BCUT2D eigenvalue weighted by Gasteiger charge is 2.18. The molecule has 2 aromatic rings. The maximum atomic E-state index is 13.8. The van der Waals surface area contributed by atoms with Gasteiger partial charge in [0, 0.05) is 6.07 Å². The minimum absolute atomic E-state index is 0.0725. The molecule has 0 aliphatic rings. The van der Waals surface area contributed by atoms with Gasteiger partial charge in [-0.15, -0.1) is 0 Å². The van der Waals surface area contributed by atoms with E-state index < -0.39 is 10.7 Å². The molecule has 0 spiro atoms. The van der Waals surface area contributed by atoms with Crippen molar-refractivity contribution >= 4 is 5.69 Å². The van der Waals surface area contributed by atoms with Gasteiger partial charge in [0.15, 0.2) is 11.6 Å². The minimum atomic E-state index is -0.637. The Hall–Kier alpha value is -2.47. The number of halogens is 1. The Morgan fingerprint density at radius 2 is 2.05 bits per heavy atom. The van der Waals surface area contributed by atoms with E-state index in [1.54, 1.807) is 19.1 Å². The molecule has 0 amide bonds. The van der Waals surface area contributed by atoms with Crippen LogP contribution < -0.4 is 4.74 Å². The Morgan fingerprint density at radius 3 is 2.70 bits per heavy atom. The first-order valence-electron chi connectivity index (χ1n) is 5.84. The Bertz CT molecular complexity index is 658. The summed E-state index contributed by atoms with van der Waals surface area (Å²) in [7, 11) is 0. The van der Waals surface area contributed by atoms with E-state index in [2.05, 4.69) is 0 Å². The number of ether oxygens (including phenoxy) is 1. The van der Waals surface area contributed by atoms with Crippen molar-refractivity contribution in [3.05, 3.63) is 63.5 Å². The molecule has 2 aromatic carbocycles. The first-order valence-corrected chi connectivity index (χ1v) is 5.84. The van der Waals surface area contributed by atoms with E-state index in [-0.39, 0.29) is 23.8 Å². The molecule has 0 radical (unpaired) electrons. The molecule has 20 heavy (non-hydrogen) atoms. The zero-order chi connectivity index (χ0) is 14.7. The number of aliphatic hydroxyl groups excluding tert-OH is 1. The van der Waals surface area contributed by atoms with Crippen molar-refractivity contribution < 1.29 is 19.2 Å². The van der Waals surface area contributed by atoms with Crippen molar-refractivity contribution in [3.8, 4) is 11.5 Å². The number of nitro benzene ring substituents is 1. The van der Waals surface area contributed by atoms with E-state index in [0.29, 0.717) is 11.1 Å². The molecule has 1 N–H and O–H groups in total. The van der Waals surface area contributed by atoms with Gasteiger partial charge < -0.3 is 9.84 Å². The van der Waals surface area contributed by atoms with Gasteiger partial charge in [-0.3, -0.25) is 10.1 Å². The van der Waals surface area contributed by atoms with E-state index in [4.69, 9.17) is 9.84 Å². The molecule has 0 fully saturated rings. The largest absolute Gasteiger partial charge is 0.447 e. The van der Waals surface area contributed by atoms with Gasteiger partial charge in [-0.25, -0.2) is 4.39 Å². The van der Waals surface area contributed by atoms with Crippen LogP contribution >= 0.6 is 0 Å². The maximum Gasteiger partial charge on any atom is 0.311 e. The van der Waals surface area contributed by atoms with Crippen molar-refractivity contribution in [1.82, 2.24) is 0 Å². The third kappa shape index (κ3) is 2.75. The lowest BCUT2D eigenvalue weighted by atomic mass is 10.2. The summed E-state index contributed by atoms with van der Waals surface area (Å²) in [6.07, 6.45) is 0. The van der Waals surface area contributed by atoms with Gasteiger partial charge in [-0.1, -0.05) is 18.2 Å². The molecule has 0 bridgehead atoms. The number of benzene rings is 2. The number of nitrogens with zero attached hydrogens (tertiary/aromatic N) is 1. The number of aliphatic hydroxyl groups is 1. The fraction of sp³-hybridized carbons (Fsp3) is 0.143. The summed E-state index contributed by atoms with van der Waals surface area (Å²) in [5.41, 5.74) is 0.448. The third-order valence-electron chi connectivity index (χ3n) is 2.78. The normalized spacial score (nSPS) is 10.3. The number of nitro groups is 1. The van der Waals surface area contributed by atoms with Crippen LogP contribution in [0, 0.1) is 22.9 Å². The average molecular weight is 277 g/mol. The molecule has 0 atom stereocenters. The fourth-order valence-corrected chi connectivity index (χ4v) is 1.71. The molecular weight excluding hydrogens is 265 g/mol. The van der Waals surface area contributed by atoms with Gasteiger partial charge in [0.1, 0.15) is 0 Å². The van der Waals surface area contributed by atoms with Crippen molar-refractivity contribution in [2.45, 2.75) is 13.5 Å². The fourth-order valence-electron chi connectivity index (χ4n) is 1.71. The van der Waals surface area contributed by atoms with E-state index >= 15 is 0 Å². The second kappa shape index (κ2) is 5.66. The van der Waals surface area contributed by atoms with Crippen molar-refractivity contribution in [2.75, 3.05) is 0 Å². The number of rotatable bonds is 4. The molecular formula is C14H12FNO4. The van der Waals surface area contributed by atoms with Crippen LogP contribution in [0.15, 0.2) is 36.4 Å². The maximum absolute atomic E-state index is 13.8. The van der Waals surface area contributed by atoms with Gasteiger partial charge in [-0.2, -0.15) is 0 Å². The molecule has 0 saturated heterocycles. The summed E-state index contributed by atoms with van der Waals surface area (Å²) in [6.45, 7) is 1.26. The van der Waals surface area contributed by atoms with Crippen LogP contribution in [0.2, 0.25) is 0 Å². The molecule has 0 heterocycles. The van der Waals surface area contributed by atoms with Crippen LogP contribution in [0.4, 0.5) is 10.1 Å². The molecule has 104 valence electrons. The molecule has 6 heteroatoms. The van der Waals surface area contributed by atoms with E-state index in [9.17, 15) is 14.5 Å². The van der Waals surface area contributed by atoms with Crippen molar-refractivity contribution in [2.24, 2.45) is 0 Å². The Kier molecular flexibility index (Phi) is 3.95. The molecule has 0 aromatic heterocycles. The lowest BCUT2D eigenvalue weighted by Gasteiger charge is -2.09. The SMILES string of the molecule is Cc1cccc(Oc2ccc(CO)cc2[N+](=O)[O-])c1F. The first kappa shape index (κ1) is 14.0. The molecule has 0 aliphatic heterocycles. The summed E-state index contributed by atoms with van der Waals surface area (Å²) in [6, 6.07) is 8.59. The highest BCUT2D eigenvalue weighted by Crippen LogP contribution is 2.33. The predicted octanol–water partition coefficient (Wildman–Crippen LogP) is 3.33. The molecule has 0 aliphatic carbocycles. The van der Waals surface area contributed by atoms with Crippen LogP contribution in [0.25, 0.3) is 0 Å². The van der Waals surface area contributed by atoms with Crippen LogP contribution in [0.5, 0.6) is 11.5 Å². The quantitative estimate of drug-likeness (QED) is 0.687. The zero-order valence-electron chi connectivity index (χ0n) is 10.7. The smallest absolute Gasteiger partial charge is 0.311 e. The molecule has 0 saturated carbocycles. The van der Waals surface area contributed by atoms with Crippen LogP contribution in [0.1, 0.15) is 11.1 Å². The molecule has 2 rings (SSSR count). The first-order chi connectivity index (χ1) is 9.52. The predicted molar refractivity (Wildman–Crippen MR) is 70.2 cm³/mol. The van der Waals surface area contributed by atoms with Gasteiger partial charge in [0.2, 0.25) is 5.75 Å². The van der Waals surface area contributed by atoms with E-state index in [0.717, 1.165) is 0 Å². The summed E-state index contributed by atoms with van der Waals surface area (Å²) in [5.74, 6) is -0.713. The Morgan fingerprint density at radius 1 is 1.30 bits per heavy atom. The third-order valence-corrected chi connectivity index (χ3v) is 2.78. The van der Waals surface area contributed by atoms with Gasteiger partial charge in [0.05, 0.1) is 11.5 Å². The summed E-state index contributed by atoms with van der Waals surface area (Å²) < 4.78 is 19.1. The second-order valence-electron chi connectivity index (χ2n) is 4.21. The van der Waals surface area contributed by atoms with Gasteiger partial charge in [0.25, 0.3) is 0 Å². The van der Waals surface area contributed by atoms with Crippen LogP contribution in [0.3, 0.4) is 0 Å². The second-order valence-corrected chi connectivity index (χ2v) is 4.21. The van der Waals surface area contributed by atoms with Crippen molar-refractivity contribution in [1.29, 1.82) is 0 Å². The Labute approximate surface area is 114 Å². The monoisotopic (exact) mass is 277 g/mol. The van der Waals surface area contributed by atoms with E-state index in [1.807, 2.05) is 0 Å². The standard InChI is InChI=1S/C14H12FNO4/c1-9-3-2-4-13(14(9)15)20-12-6-5-10(8-17)7-11(12)16(18)19/h2-7,17H,8H2,1H3. The average Bonchev–Trinajstić information content (AvgIpc) is 2.44. The number of aryl methyl sites for hydroxylation is 1. The lowest BCUT2D eigenvalue weighted by molar-refractivity contribution is -0.385. The molecule has 0 unspecified atom stereocenters. The van der Waals surface area contributed by atoms with Crippen LogP contribution in [-0.2, 0) is 6.61 Å². The molecule has 5 nitrogen and oxygen atoms in total. The zero-order valence-corrected chi connectivity index (χ0v) is 10.7. The topological polar surface area (TPSA) is 72.6 Å².